The first-order chi connectivity index (χ1) is 7.98. The maximum atomic E-state index is 11.8. The first-order valence-electron chi connectivity index (χ1n) is 5.32. The average molecular weight is 232 g/mol. The molecule has 0 radical (unpaired) electrons. The van der Waals surface area contributed by atoms with E-state index in [1.54, 1.807) is 31.4 Å². The number of ether oxygens (including phenoxy) is 1. The van der Waals surface area contributed by atoms with Crippen molar-refractivity contribution >= 4 is 5.91 Å². The molecule has 1 N–H and O–H groups in total. The number of carbonyl (C=O) groups excluding carboxylic acids is 1. The van der Waals surface area contributed by atoms with E-state index in [1.807, 2.05) is 19.9 Å². The van der Waals surface area contributed by atoms with E-state index in [2.05, 4.69) is 5.32 Å². The zero-order valence-electron chi connectivity index (χ0n) is 10.3. The van der Waals surface area contributed by atoms with Gasteiger partial charge in [0.05, 0.1) is 17.2 Å². The molecule has 4 heteroatoms. The molecule has 0 heterocycles. The molecule has 0 aliphatic rings. The Hall–Kier alpha value is -1.86. The van der Waals surface area contributed by atoms with Gasteiger partial charge in [-0.1, -0.05) is 6.07 Å². The molecule has 0 atom stereocenters. The minimum Gasteiger partial charge on any atom is -0.377 e. The third kappa shape index (κ3) is 3.89. The number of carbonyl (C=O) groups is 1. The molecule has 0 unspecified atom stereocenters. The molecule has 0 bridgehead atoms. The van der Waals surface area contributed by atoms with Crippen molar-refractivity contribution in [2.75, 3.05) is 13.7 Å². The van der Waals surface area contributed by atoms with Crippen LogP contribution in [-0.4, -0.2) is 25.2 Å². The van der Waals surface area contributed by atoms with Gasteiger partial charge in [0, 0.05) is 19.2 Å². The molecule has 0 aliphatic heterocycles. The zero-order valence-corrected chi connectivity index (χ0v) is 10.3. The van der Waals surface area contributed by atoms with Gasteiger partial charge in [-0.05, 0) is 32.0 Å². The van der Waals surface area contributed by atoms with Crippen LogP contribution in [0.3, 0.4) is 0 Å². The predicted octanol–water partition coefficient (Wildman–Crippen LogP) is 1.71. The molecule has 17 heavy (non-hydrogen) atoms. The van der Waals surface area contributed by atoms with Gasteiger partial charge >= 0.3 is 0 Å². The molecule has 0 spiro atoms. The number of benzene rings is 1. The predicted molar refractivity (Wildman–Crippen MR) is 64.6 cm³/mol. The van der Waals surface area contributed by atoms with Gasteiger partial charge in [0.15, 0.2) is 0 Å². The number of hydrogen-bond acceptors (Lipinski definition) is 3. The molecular formula is C13H16N2O2. The topological polar surface area (TPSA) is 62.1 Å². The van der Waals surface area contributed by atoms with E-state index in [9.17, 15) is 4.79 Å². The van der Waals surface area contributed by atoms with Gasteiger partial charge in [-0.3, -0.25) is 4.79 Å². The molecule has 1 aromatic rings. The lowest BCUT2D eigenvalue weighted by Gasteiger charge is -2.23. The summed E-state index contributed by atoms with van der Waals surface area (Å²) in [5.41, 5.74) is 0.558. The van der Waals surface area contributed by atoms with Crippen molar-refractivity contribution in [2.24, 2.45) is 0 Å². The minimum absolute atomic E-state index is 0.202. The highest BCUT2D eigenvalue weighted by Crippen LogP contribution is 2.07. The third-order valence-corrected chi connectivity index (χ3v) is 2.48. The maximum Gasteiger partial charge on any atom is 0.251 e. The van der Waals surface area contributed by atoms with Crippen LogP contribution >= 0.6 is 0 Å². The molecule has 1 rings (SSSR count). The zero-order chi connectivity index (χ0) is 12.9. The van der Waals surface area contributed by atoms with Crippen LogP contribution in [0.2, 0.25) is 0 Å². The van der Waals surface area contributed by atoms with Crippen LogP contribution in [0, 0.1) is 11.3 Å². The summed E-state index contributed by atoms with van der Waals surface area (Å²) in [6.07, 6.45) is 0. The van der Waals surface area contributed by atoms with Gasteiger partial charge in [0.1, 0.15) is 0 Å². The van der Waals surface area contributed by atoms with Gasteiger partial charge in [-0.2, -0.15) is 5.26 Å². The Kier molecular flexibility index (Phi) is 4.24. The molecular weight excluding hydrogens is 216 g/mol. The largest absolute Gasteiger partial charge is 0.377 e. The smallest absolute Gasteiger partial charge is 0.251 e. The fourth-order valence-electron chi connectivity index (χ4n) is 1.20. The first-order valence-corrected chi connectivity index (χ1v) is 5.32. The van der Waals surface area contributed by atoms with Crippen LogP contribution in [0.25, 0.3) is 0 Å². The number of hydrogen-bond donors (Lipinski definition) is 1. The fourth-order valence-corrected chi connectivity index (χ4v) is 1.20. The molecule has 90 valence electrons. The average Bonchev–Trinajstić information content (AvgIpc) is 2.36. The van der Waals surface area contributed by atoms with Crippen molar-refractivity contribution in [3.63, 3.8) is 0 Å². The van der Waals surface area contributed by atoms with Gasteiger partial charge < -0.3 is 10.1 Å². The van der Waals surface area contributed by atoms with E-state index in [0.29, 0.717) is 17.7 Å². The molecule has 1 aromatic carbocycles. The lowest BCUT2D eigenvalue weighted by molar-refractivity contribution is 0.0229. The van der Waals surface area contributed by atoms with Crippen molar-refractivity contribution in [3.8, 4) is 6.07 Å². The van der Waals surface area contributed by atoms with Crippen LogP contribution in [-0.2, 0) is 4.74 Å². The monoisotopic (exact) mass is 232 g/mol. The number of nitriles is 1. The van der Waals surface area contributed by atoms with Gasteiger partial charge in [0.2, 0.25) is 0 Å². The molecule has 0 aliphatic carbocycles. The van der Waals surface area contributed by atoms with E-state index < -0.39 is 5.60 Å². The Morgan fingerprint density at radius 2 is 2.24 bits per heavy atom. The molecule has 0 aromatic heterocycles. The fraction of sp³-hybridized carbons (Fsp3) is 0.385. The molecule has 1 amide bonds. The van der Waals surface area contributed by atoms with Crippen molar-refractivity contribution in [2.45, 2.75) is 19.4 Å². The standard InChI is InChI=1S/C13H16N2O2/c1-13(2,17-3)9-15-12(16)11-6-4-5-10(7-11)8-14/h4-7H,9H2,1-3H3,(H,15,16). The minimum atomic E-state index is -0.400. The molecule has 0 saturated carbocycles. The second-order valence-electron chi connectivity index (χ2n) is 4.34. The maximum absolute atomic E-state index is 11.8. The number of rotatable bonds is 4. The summed E-state index contributed by atoms with van der Waals surface area (Å²) >= 11 is 0. The van der Waals surface area contributed by atoms with Crippen LogP contribution in [0.1, 0.15) is 29.8 Å². The number of nitrogens with zero attached hydrogens (tertiary/aromatic N) is 1. The van der Waals surface area contributed by atoms with E-state index in [0.717, 1.165) is 0 Å². The van der Waals surface area contributed by atoms with Crippen molar-refractivity contribution in [1.82, 2.24) is 5.32 Å². The SMILES string of the molecule is COC(C)(C)CNC(=O)c1cccc(C#N)c1. The van der Waals surface area contributed by atoms with Crippen LogP contribution in [0.5, 0.6) is 0 Å². The lowest BCUT2D eigenvalue weighted by Crippen LogP contribution is -2.39. The lowest BCUT2D eigenvalue weighted by atomic mass is 10.1. The summed E-state index contributed by atoms with van der Waals surface area (Å²) in [6, 6.07) is 8.59. The second kappa shape index (κ2) is 5.46. The van der Waals surface area contributed by atoms with Gasteiger partial charge in [-0.25, -0.2) is 0 Å². The molecule has 0 saturated heterocycles. The van der Waals surface area contributed by atoms with Crippen molar-refractivity contribution in [3.05, 3.63) is 35.4 Å². The van der Waals surface area contributed by atoms with Crippen molar-refractivity contribution < 1.29 is 9.53 Å². The number of amides is 1. The quantitative estimate of drug-likeness (QED) is 0.859. The van der Waals surface area contributed by atoms with Gasteiger partial charge in [0.25, 0.3) is 5.91 Å². The normalized spacial score (nSPS) is 10.7. The van der Waals surface area contributed by atoms with E-state index in [4.69, 9.17) is 10.00 Å². The van der Waals surface area contributed by atoms with E-state index in [-0.39, 0.29) is 5.91 Å². The third-order valence-electron chi connectivity index (χ3n) is 2.48. The van der Waals surface area contributed by atoms with Crippen LogP contribution in [0.4, 0.5) is 0 Å². The Bertz CT molecular complexity index is 447. The first kappa shape index (κ1) is 13.2. The number of nitrogens with one attached hydrogen (secondary N) is 1. The summed E-state index contributed by atoms with van der Waals surface area (Å²) in [4.78, 5) is 11.8. The highest BCUT2D eigenvalue weighted by molar-refractivity contribution is 5.94. The van der Waals surface area contributed by atoms with Crippen LogP contribution < -0.4 is 5.32 Å². The molecule has 0 fully saturated rings. The Balaban J connectivity index is 2.68. The summed E-state index contributed by atoms with van der Waals surface area (Å²) in [7, 11) is 1.60. The summed E-state index contributed by atoms with van der Waals surface area (Å²) < 4.78 is 5.20. The Morgan fingerprint density at radius 1 is 1.53 bits per heavy atom. The summed E-state index contributed by atoms with van der Waals surface area (Å²) in [5.74, 6) is -0.202. The second-order valence-corrected chi connectivity index (χ2v) is 4.34. The Morgan fingerprint density at radius 3 is 2.82 bits per heavy atom. The Labute approximate surface area is 101 Å². The van der Waals surface area contributed by atoms with Crippen molar-refractivity contribution in [1.29, 1.82) is 5.26 Å². The van der Waals surface area contributed by atoms with E-state index >= 15 is 0 Å². The summed E-state index contributed by atoms with van der Waals surface area (Å²) in [5, 5.41) is 11.5. The van der Waals surface area contributed by atoms with Gasteiger partial charge in [-0.15, -0.1) is 0 Å². The van der Waals surface area contributed by atoms with E-state index in [1.165, 1.54) is 0 Å². The summed E-state index contributed by atoms with van der Waals surface area (Å²) in [6.45, 7) is 4.19. The number of methoxy groups -OCH3 is 1. The van der Waals surface area contributed by atoms with Crippen LogP contribution in [0.15, 0.2) is 24.3 Å². The highest BCUT2D eigenvalue weighted by atomic mass is 16.5. The molecule has 4 nitrogen and oxygen atoms in total. The highest BCUT2D eigenvalue weighted by Gasteiger charge is 2.17.